The summed E-state index contributed by atoms with van der Waals surface area (Å²) >= 11 is 0. The average molecular weight is 306 g/mol. The molecule has 0 unspecified atom stereocenters. The van der Waals surface area contributed by atoms with Gasteiger partial charge in [-0.05, 0) is 45.0 Å². The Labute approximate surface area is 130 Å². The number of benzene rings is 1. The second kappa shape index (κ2) is 7.26. The number of hydrogen-bond acceptors (Lipinski definition) is 4. The number of esters is 1. The average Bonchev–Trinajstić information content (AvgIpc) is 2.47. The number of carbonyl (C=O) groups excluding carboxylic acids is 2. The first-order valence-electron chi connectivity index (χ1n) is 7.48. The normalized spacial score (nSPS) is 21.3. The fraction of sp³-hybridized carbons (Fsp3) is 0.500. The van der Waals surface area contributed by atoms with Gasteiger partial charge in [0.1, 0.15) is 0 Å². The molecule has 0 radical (unpaired) electrons. The lowest BCUT2D eigenvalue weighted by atomic mass is 10.2. The molecule has 1 aliphatic heterocycles. The number of nitrogens with zero attached hydrogens (tertiary/aromatic N) is 1. The van der Waals surface area contributed by atoms with Crippen molar-refractivity contribution in [1.82, 2.24) is 4.90 Å². The van der Waals surface area contributed by atoms with Gasteiger partial charge in [-0.15, -0.1) is 0 Å². The van der Waals surface area contributed by atoms with E-state index in [9.17, 15) is 9.59 Å². The summed E-state index contributed by atoms with van der Waals surface area (Å²) in [7, 11) is 0. The maximum Gasteiger partial charge on any atom is 0.338 e. The molecular formula is C16H22N2O4. The first kappa shape index (κ1) is 16.3. The van der Waals surface area contributed by atoms with Crippen molar-refractivity contribution >= 4 is 17.7 Å². The van der Waals surface area contributed by atoms with Gasteiger partial charge < -0.3 is 19.7 Å². The molecule has 1 fully saturated rings. The molecule has 120 valence electrons. The highest BCUT2D eigenvalue weighted by Crippen LogP contribution is 2.15. The van der Waals surface area contributed by atoms with Crippen molar-refractivity contribution in [3.63, 3.8) is 0 Å². The molecule has 1 aromatic carbocycles. The van der Waals surface area contributed by atoms with Crippen LogP contribution in [0.25, 0.3) is 0 Å². The molecule has 1 saturated heterocycles. The van der Waals surface area contributed by atoms with E-state index in [0.717, 1.165) is 0 Å². The fourth-order valence-electron chi connectivity index (χ4n) is 2.45. The number of anilines is 1. The standard InChI is InChI=1S/C16H22N2O4/c1-4-21-15(19)13-5-7-14(8-6-13)17-16(20)18-9-11(2)22-12(3)10-18/h5-8,11-12H,4,9-10H2,1-3H3,(H,17,20)/t11-,12-/m1/s1. The van der Waals surface area contributed by atoms with Crippen LogP contribution in [0, 0.1) is 0 Å². The Bertz CT molecular complexity index is 519. The van der Waals surface area contributed by atoms with Crippen LogP contribution in [0.3, 0.4) is 0 Å². The third-order valence-electron chi connectivity index (χ3n) is 3.35. The van der Waals surface area contributed by atoms with Crippen molar-refractivity contribution in [2.45, 2.75) is 33.0 Å². The van der Waals surface area contributed by atoms with E-state index in [1.54, 1.807) is 36.1 Å². The molecule has 0 aromatic heterocycles. The number of hydrogen-bond donors (Lipinski definition) is 1. The summed E-state index contributed by atoms with van der Waals surface area (Å²) in [4.78, 5) is 25.5. The molecule has 22 heavy (non-hydrogen) atoms. The topological polar surface area (TPSA) is 67.9 Å². The van der Waals surface area contributed by atoms with E-state index in [-0.39, 0.29) is 24.2 Å². The lowest BCUT2D eigenvalue weighted by Crippen LogP contribution is -2.49. The zero-order valence-electron chi connectivity index (χ0n) is 13.2. The predicted octanol–water partition coefficient (Wildman–Crippen LogP) is 2.50. The Morgan fingerprint density at radius 1 is 1.23 bits per heavy atom. The summed E-state index contributed by atoms with van der Waals surface area (Å²) in [6.45, 7) is 7.13. The van der Waals surface area contributed by atoms with Gasteiger partial charge in [0, 0.05) is 18.8 Å². The zero-order valence-corrected chi connectivity index (χ0v) is 13.2. The maximum absolute atomic E-state index is 12.2. The molecule has 0 aliphatic carbocycles. The lowest BCUT2D eigenvalue weighted by molar-refractivity contribution is -0.0530. The van der Waals surface area contributed by atoms with Crippen molar-refractivity contribution in [2.75, 3.05) is 25.0 Å². The van der Waals surface area contributed by atoms with E-state index in [2.05, 4.69) is 5.32 Å². The molecule has 2 atom stereocenters. The largest absolute Gasteiger partial charge is 0.462 e. The Morgan fingerprint density at radius 2 is 1.82 bits per heavy atom. The predicted molar refractivity (Wildman–Crippen MR) is 83.0 cm³/mol. The van der Waals surface area contributed by atoms with Gasteiger partial charge in [0.25, 0.3) is 0 Å². The van der Waals surface area contributed by atoms with Gasteiger partial charge in [0.05, 0.1) is 24.4 Å². The highest BCUT2D eigenvalue weighted by molar-refractivity contribution is 5.92. The van der Waals surface area contributed by atoms with E-state index in [4.69, 9.17) is 9.47 Å². The Morgan fingerprint density at radius 3 is 2.36 bits per heavy atom. The third kappa shape index (κ3) is 4.21. The van der Waals surface area contributed by atoms with E-state index in [0.29, 0.717) is 30.9 Å². The summed E-state index contributed by atoms with van der Waals surface area (Å²) in [6, 6.07) is 6.50. The molecule has 1 aliphatic rings. The Hall–Kier alpha value is -2.08. The molecule has 2 rings (SSSR count). The van der Waals surface area contributed by atoms with Crippen LogP contribution < -0.4 is 5.32 Å². The second-order valence-electron chi connectivity index (χ2n) is 5.39. The SMILES string of the molecule is CCOC(=O)c1ccc(NC(=O)N2C[C@@H](C)O[C@H](C)C2)cc1. The molecule has 1 heterocycles. The summed E-state index contributed by atoms with van der Waals surface area (Å²) in [5.74, 6) is -0.365. The maximum atomic E-state index is 12.2. The van der Waals surface area contributed by atoms with Crippen LogP contribution in [0.2, 0.25) is 0 Å². The molecule has 2 amide bonds. The van der Waals surface area contributed by atoms with Crippen LogP contribution in [0.5, 0.6) is 0 Å². The number of carbonyl (C=O) groups is 2. The lowest BCUT2D eigenvalue weighted by Gasteiger charge is -2.35. The summed E-state index contributed by atoms with van der Waals surface area (Å²) in [5, 5.41) is 2.83. The van der Waals surface area contributed by atoms with Crippen LogP contribution in [0.15, 0.2) is 24.3 Å². The van der Waals surface area contributed by atoms with Gasteiger partial charge in [-0.1, -0.05) is 0 Å². The van der Waals surface area contributed by atoms with E-state index in [1.807, 2.05) is 13.8 Å². The molecule has 0 bridgehead atoms. The number of nitrogens with one attached hydrogen (secondary N) is 1. The van der Waals surface area contributed by atoms with Crippen LogP contribution in [0.4, 0.5) is 10.5 Å². The minimum atomic E-state index is -0.365. The van der Waals surface area contributed by atoms with Crippen molar-refractivity contribution in [3.8, 4) is 0 Å². The molecule has 6 nitrogen and oxygen atoms in total. The Kier molecular flexibility index (Phi) is 5.38. The summed E-state index contributed by atoms with van der Waals surface area (Å²) in [6.07, 6.45) is 0.0568. The second-order valence-corrected chi connectivity index (χ2v) is 5.39. The van der Waals surface area contributed by atoms with Crippen LogP contribution in [0.1, 0.15) is 31.1 Å². The molecule has 6 heteroatoms. The molecule has 0 spiro atoms. The van der Waals surface area contributed by atoms with E-state index < -0.39 is 0 Å². The van der Waals surface area contributed by atoms with E-state index in [1.165, 1.54) is 0 Å². The van der Waals surface area contributed by atoms with Crippen LogP contribution >= 0.6 is 0 Å². The van der Waals surface area contributed by atoms with Gasteiger partial charge in [0.2, 0.25) is 0 Å². The minimum absolute atomic E-state index is 0.0284. The van der Waals surface area contributed by atoms with Crippen molar-refractivity contribution < 1.29 is 19.1 Å². The van der Waals surface area contributed by atoms with Crippen molar-refractivity contribution in [2.24, 2.45) is 0 Å². The van der Waals surface area contributed by atoms with Crippen molar-refractivity contribution in [1.29, 1.82) is 0 Å². The molecule has 0 saturated carbocycles. The quantitative estimate of drug-likeness (QED) is 0.871. The fourth-order valence-corrected chi connectivity index (χ4v) is 2.45. The summed E-state index contributed by atoms with van der Waals surface area (Å²) < 4.78 is 10.5. The number of ether oxygens (including phenoxy) is 2. The zero-order chi connectivity index (χ0) is 16.1. The third-order valence-corrected chi connectivity index (χ3v) is 3.35. The Balaban J connectivity index is 1.95. The molecular weight excluding hydrogens is 284 g/mol. The van der Waals surface area contributed by atoms with Gasteiger partial charge in [0.15, 0.2) is 0 Å². The molecule has 1 aromatic rings. The number of morpholine rings is 1. The highest BCUT2D eigenvalue weighted by atomic mass is 16.5. The number of urea groups is 1. The first-order valence-corrected chi connectivity index (χ1v) is 7.48. The smallest absolute Gasteiger partial charge is 0.338 e. The van der Waals surface area contributed by atoms with E-state index >= 15 is 0 Å². The van der Waals surface area contributed by atoms with Gasteiger partial charge in [-0.2, -0.15) is 0 Å². The van der Waals surface area contributed by atoms with Gasteiger partial charge in [-0.3, -0.25) is 0 Å². The van der Waals surface area contributed by atoms with Crippen LogP contribution in [-0.4, -0.2) is 48.8 Å². The van der Waals surface area contributed by atoms with Gasteiger partial charge in [-0.25, -0.2) is 9.59 Å². The summed E-state index contributed by atoms with van der Waals surface area (Å²) in [5.41, 5.74) is 1.11. The highest BCUT2D eigenvalue weighted by Gasteiger charge is 2.25. The van der Waals surface area contributed by atoms with Crippen molar-refractivity contribution in [3.05, 3.63) is 29.8 Å². The number of amides is 2. The van der Waals surface area contributed by atoms with Crippen LogP contribution in [-0.2, 0) is 9.47 Å². The minimum Gasteiger partial charge on any atom is -0.462 e. The monoisotopic (exact) mass is 306 g/mol. The first-order chi connectivity index (χ1) is 10.5. The number of rotatable bonds is 3. The molecule has 1 N–H and O–H groups in total. The van der Waals surface area contributed by atoms with Gasteiger partial charge >= 0.3 is 12.0 Å².